The molecule has 3 aromatic rings. The molecule has 1 saturated carbocycles. The van der Waals surface area contributed by atoms with E-state index in [1.54, 1.807) is 0 Å². The first-order valence-electron chi connectivity index (χ1n) is 22.4. The summed E-state index contributed by atoms with van der Waals surface area (Å²) in [6, 6.07) is 30.0. The molecular weight excluding hydrogens is 751 g/mol. The molecule has 2 fully saturated rings. The van der Waals surface area contributed by atoms with Crippen LogP contribution in [0.15, 0.2) is 91.0 Å². The number of fused-ring (bicyclic) bond motifs is 2. The van der Waals surface area contributed by atoms with E-state index in [1.165, 1.54) is 64.2 Å². The number of rotatable bonds is 31. The van der Waals surface area contributed by atoms with Crippen molar-refractivity contribution in [2.24, 2.45) is 0 Å². The van der Waals surface area contributed by atoms with Crippen LogP contribution in [0.25, 0.3) is 0 Å². The summed E-state index contributed by atoms with van der Waals surface area (Å²) in [7, 11) is -4.13. The molecule has 1 saturated heterocycles. The predicted octanol–water partition coefficient (Wildman–Crippen LogP) is 12.3. The summed E-state index contributed by atoms with van der Waals surface area (Å²) in [6.07, 6.45) is 14.0. The Morgan fingerprint density at radius 2 is 0.810 bits per heavy atom. The van der Waals surface area contributed by atoms with Crippen molar-refractivity contribution in [3.63, 3.8) is 0 Å². The normalized spacial score (nSPS) is 22.0. The fourth-order valence-electron chi connectivity index (χ4n) is 7.76. The van der Waals surface area contributed by atoms with Crippen molar-refractivity contribution in [2.45, 2.75) is 173 Å². The van der Waals surface area contributed by atoms with E-state index in [4.69, 9.17) is 37.3 Å². The van der Waals surface area contributed by atoms with Crippen LogP contribution in [0.1, 0.15) is 133 Å². The quantitative estimate of drug-likeness (QED) is 0.0465. The third-order valence-electron chi connectivity index (χ3n) is 11.1. The van der Waals surface area contributed by atoms with Crippen LogP contribution in [0.3, 0.4) is 0 Å². The van der Waals surface area contributed by atoms with Gasteiger partial charge in [0, 0.05) is 0 Å². The van der Waals surface area contributed by atoms with E-state index in [0.717, 1.165) is 55.2 Å². The number of phosphoric acid groups is 1. The van der Waals surface area contributed by atoms with E-state index >= 15 is 0 Å². The standard InChI is InChI=1S/C48H71O9P/c1-3-5-7-9-11-13-15-26-34-55-58(49,56-35-27-16-14-12-10-8-6-4-2)57-48-46(51-37-41-30-22-18-23-31-41)44-43(50-36-40-28-20-17-21-29-40)45(54-39-53-44)47(48)52-38-42-32-24-19-25-33-42/h17-25,28-33,43-48H,3-16,26-27,34-39H2,1-2H3/t43?,44-,45+,46+,47-,48?. The lowest BCUT2D eigenvalue weighted by molar-refractivity contribution is -0.337. The maximum atomic E-state index is 15.0. The largest absolute Gasteiger partial charge is 0.475 e. The molecule has 322 valence electrons. The minimum atomic E-state index is -4.13. The first-order valence-corrected chi connectivity index (χ1v) is 23.8. The van der Waals surface area contributed by atoms with Crippen LogP contribution in [0, 0.1) is 0 Å². The van der Waals surface area contributed by atoms with Crippen LogP contribution in [0.5, 0.6) is 0 Å². The highest BCUT2D eigenvalue weighted by molar-refractivity contribution is 7.48. The Labute approximate surface area is 349 Å². The van der Waals surface area contributed by atoms with Crippen LogP contribution in [0.2, 0.25) is 0 Å². The molecule has 6 atom stereocenters. The molecule has 0 aromatic heterocycles. The molecule has 58 heavy (non-hydrogen) atoms. The Kier molecular flexibility index (Phi) is 22.0. The second kappa shape index (κ2) is 27.4. The highest BCUT2D eigenvalue weighted by Gasteiger charge is 2.59. The molecule has 0 N–H and O–H groups in total. The van der Waals surface area contributed by atoms with E-state index < -0.39 is 44.4 Å². The van der Waals surface area contributed by atoms with Gasteiger partial charge >= 0.3 is 7.82 Å². The highest BCUT2D eigenvalue weighted by Crippen LogP contribution is 2.54. The Hall–Kier alpha value is -2.43. The van der Waals surface area contributed by atoms with Crippen molar-refractivity contribution in [1.82, 2.24) is 0 Å². The monoisotopic (exact) mass is 822 g/mol. The third-order valence-corrected chi connectivity index (χ3v) is 12.6. The molecule has 1 aliphatic carbocycles. The van der Waals surface area contributed by atoms with Gasteiger partial charge in [-0.3, -0.25) is 13.6 Å². The summed E-state index contributed by atoms with van der Waals surface area (Å²) in [6.45, 7) is 5.93. The van der Waals surface area contributed by atoms with Gasteiger partial charge in [0.05, 0.1) is 33.0 Å². The lowest BCUT2D eigenvalue weighted by Crippen LogP contribution is -2.69. The number of hydrogen-bond acceptors (Lipinski definition) is 9. The lowest BCUT2D eigenvalue weighted by Gasteiger charge is -2.52. The van der Waals surface area contributed by atoms with Crippen molar-refractivity contribution in [3.8, 4) is 0 Å². The topological polar surface area (TPSA) is 90.9 Å². The summed E-state index contributed by atoms with van der Waals surface area (Å²) >= 11 is 0. The SMILES string of the molecule is CCCCCCCCCCOP(=O)(OCCCCCCCCCC)OC1[C@@H](OCc2ccccc2)[C@@H]2OCO[C@@H](C2OCc2ccccc2)[C@H]1OCc1ccccc1. The minimum Gasteiger partial charge on any atom is -0.368 e. The average Bonchev–Trinajstić information content (AvgIpc) is 3.25. The number of benzene rings is 3. The van der Waals surface area contributed by atoms with Gasteiger partial charge in [-0.1, -0.05) is 195 Å². The number of unbranched alkanes of at least 4 members (excludes halogenated alkanes) is 14. The van der Waals surface area contributed by atoms with Gasteiger partial charge in [0.25, 0.3) is 0 Å². The molecule has 0 amide bonds. The smallest absolute Gasteiger partial charge is 0.368 e. The number of phosphoric ester groups is 1. The fourth-order valence-corrected chi connectivity index (χ4v) is 9.20. The maximum Gasteiger partial charge on any atom is 0.475 e. The second-order valence-electron chi connectivity index (χ2n) is 15.8. The molecule has 9 nitrogen and oxygen atoms in total. The second-order valence-corrected chi connectivity index (χ2v) is 17.4. The van der Waals surface area contributed by atoms with Gasteiger partial charge in [-0.25, -0.2) is 4.57 Å². The first kappa shape index (κ1) is 46.6. The molecule has 2 bridgehead atoms. The number of hydrogen-bond donors (Lipinski definition) is 0. The van der Waals surface area contributed by atoms with E-state index in [0.29, 0.717) is 6.61 Å². The van der Waals surface area contributed by atoms with Crippen molar-refractivity contribution >= 4 is 7.82 Å². The van der Waals surface area contributed by atoms with Gasteiger partial charge in [0.2, 0.25) is 0 Å². The zero-order chi connectivity index (χ0) is 40.5. The van der Waals surface area contributed by atoms with Gasteiger partial charge in [-0.2, -0.15) is 0 Å². The van der Waals surface area contributed by atoms with Gasteiger partial charge < -0.3 is 23.7 Å². The molecule has 3 aromatic carbocycles. The van der Waals surface area contributed by atoms with Crippen LogP contribution in [-0.2, 0) is 61.6 Å². The van der Waals surface area contributed by atoms with Crippen LogP contribution in [-0.4, -0.2) is 56.6 Å². The van der Waals surface area contributed by atoms with E-state index in [1.807, 2.05) is 91.0 Å². The Morgan fingerprint density at radius 3 is 1.19 bits per heavy atom. The molecule has 10 heteroatoms. The Morgan fingerprint density at radius 1 is 0.466 bits per heavy atom. The van der Waals surface area contributed by atoms with E-state index in [2.05, 4.69) is 13.8 Å². The fraction of sp³-hybridized carbons (Fsp3) is 0.625. The number of ether oxygens (including phenoxy) is 5. The molecule has 2 unspecified atom stereocenters. The van der Waals surface area contributed by atoms with Crippen molar-refractivity contribution in [2.75, 3.05) is 20.0 Å². The summed E-state index contributed by atoms with van der Waals surface area (Å²) in [4.78, 5) is 0. The van der Waals surface area contributed by atoms with Gasteiger partial charge in [0.1, 0.15) is 43.4 Å². The molecule has 0 spiro atoms. The molecule has 1 heterocycles. The summed E-state index contributed by atoms with van der Waals surface area (Å²) in [5.41, 5.74) is 2.99. The molecule has 1 aliphatic heterocycles. The molecule has 5 rings (SSSR count). The van der Waals surface area contributed by atoms with Gasteiger partial charge in [-0.15, -0.1) is 0 Å². The predicted molar refractivity (Wildman–Crippen MR) is 229 cm³/mol. The van der Waals surface area contributed by atoms with Gasteiger partial charge in [0.15, 0.2) is 0 Å². The minimum absolute atomic E-state index is 0.0329. The van der Waals surface area contributed by atoms with Crippen molar-refractivity contribution in [1.29, 1.82) is 0 Å². The molecule has 2 aliphatic rings. The van der Waals surface area contributed by atoms with E-state index in [9.17, 15) is 4.57 Å². The Bertz CT molecular complexity index is 1430. The van der Waals surface area contributed by atoms with Crippen LogP contribution >= 0.6 is 7.82 Å². The van der Waals surface area contributed by atoms with Gasteiger partial charge in [-0.05, 0) is 29.5 Å². The van der Waals surface area contributed by atoms with E-state index in [-0.39, 0.29) is 33.2 Å². The molecule has 0 radical (unpaired) electrons. The average molecular weight is 823 g/mol. The molecular formula is C48H71O9P. The Balaban J connectivity index is 1.37. The van der Waals surface area contributed by atoms with Crippen molar-refractivity contribution in [3.05, 3.63) is 108 Å². The van der Waals surface area contributed by atoms with Crippen molar-refractivity contribution < 1.29 is 41.8 Å². The highest BCUT2D eigenvalue weighted by atomic mass is 31.2. The first-order chi connectivity index (χ1) is 28.6. The zero-order valence-corrected chi connectivity index (χ0v) is 36.2. The van der Waals surface area contributed by atoms with Crippen LogP contribution in [0.4, 0.5) is 0 Å². The summed E-state index contributed by atoms with van der Waals surface area (Å²) in [5, 5.41) is 0. The lowest BCUT2D eigenvalue weighted by atomic mass is 9.83. The zero-order valence-electron chi connectivity index (χ0n) is 35.3. The van der Waals surface area contributed by atoms with Crippen LogP contribution < -0.4 is 0 Å². The summed E-state index contributed by atoms with van der Waals surface area (Å²) < 4.78 is 67.0. The third kappa shape index (κ3) is 16.2. The summed E-state index contributed by atoms with van der Waals surface area (Å²) in [5.74, 6) is 0. The maximum absolute atomic E-state index is 15.0.